The topological polar surface area (TPSA) is 39.2 Å². The van der Waals surface area contributed by atoms with Gasteiger partial charge >= 0.3 is 0 Å². The molecule has 0 spiro atoms. The van der Waals surface area contributed by atoms with Crippen molar-refractivity contribution >= 4 is 28.8 Å². The predicted octanol–water partition coefficient (Wildman–Crippen LogP) is 5.69. The first-order chi connectivity index (χ1) is 13.2. The molecule has 140 valence electrons. The lowest BCUT2D eigenvalue weighted by atomic mass is 10.0. The third kappa shape index (κ3) is 4.45. The SMILES string of the molecule is CCCCOc1c(C=O)cc(CCl)c2cc(Cc3ccc(F)cc3)cnc12. The van der Waals surface area contributed by atoms with E-state index in [-0.39, 0.29) is 11.7 Å². The van der Waals surface area contributed by atoms with E-state index in [1.54, 1.807) is 24.4 Å². The molecule has 0 atom stereocenters. The number of aldehydes is 1. The van der Waals surface area contributed by atoms with Crippen molar-refractivity contribution in [1.29, 1.82) is 0 Å². The van der Waals surface area contributed by atoms with Crippen LogP contribution >= 0.6 is 11.6 Å². The number of hydrogen-bond acceptors (Lipinski definition) is 3. The van der Waals surface area contributed by atoms with Gasteiger partial charge in [-0.3, -0.25) is 9.78 Å². The number of unbranched alkanes of at least 4 members (excludes halogenated alkanes) is 1. The summed E-state index contributed by atoms with van der Waals surface area (Å²) in [5, 5.41) is 0.877. The second-order valence-corrected chi connectivity index (χ2v) is 6.72. The van der Waals surface area contributed by atoms with E-state index in [0.717, 1.165) is 41.2 Å². The highest BCUT2D eigenvalue weighted by atomic mass is 35.5. The van der Waals surface area contributed by atoms with Crippen LogP contribution in [0.4, 0.5) is 4.39 Å². The summed E-state index contributed by atoms with van der Waals surface area (Å²) in [6.45, 7) is 2.62. The molecule has 0 aliphatic rings. The third-order valence-corrected chi connectivity index (χ3v) is 4.72. The van der Waals surface area contributed by atoms with Crippen molar-refractivity contribution in [2.24, 2.45) is 0 Å². The van der Waals surface area contributed by atoms with Crippen LogP contribution in [0.3, 0.4) is 0 Å². The quantitative estimate of drug-likeness (QED) is 0.284. The Labute approximate surface area is 163 Å². The Kier molecular flexibility index (Phi) is 6.40. The van der Waals surface area contributed by atoms with Crippen LogP contribution in [0.5, 0.6) is 5.75 Å². The Balaban J connectivity index is 2.03. The molecule has 0 bridgehead atoms. The molecule has 0 amide bonds. The molecule has 0 aliphatic carbocycles. The number of pyridine rings is 1. The normalized spacial score (nSPS) is 10.9. The maximum absolute atomic E-state index is 13.1. The van der Waals surface area contributed by atoms with Crippen LogP contribution in [0.1, 0.15) is 46.8 Å². The molecule has 27 heavy (non-hydrogen) atoms. The van der Waals surface area contributed by atoms with Crippen LogP contribution in [0.2, 0.25) is 0 Å². The van der Waals surface area contributed by atoms with Gasteiger partial charge in [0.1, 0.15) is 11.3 Å². The highest BCUT2D eigenvalue weighted by molar-refractivity contribution is 6.18. The highest BCUT2D eigenvalue weighted by Gasteiger charge is 2.15. The van der Waals surface area contributed by atoms with Crippen LogP contribution in [0, 0.1) is 5.82 Å². The Hall–Kier alpha value is -2.46. The summed E-state index contributed by atoms with van der Waals surface area (Å²) in [6.07, 6.45) is 5.09. The van der Waals surface area contributed by atoms with E-state index in [1.165, 1.54) is 12.1 Å². The second kappa shape index (κ2) is 8.96. The number of hydrogen-bond donors (Lipinski definition) is 0. The smallest absolute Gasteiger partial charge is 0.156 e. The summed E-state index contributed by atoms with van der Waals surface area (Å²) in [4.78, 5) is 16.1. The summed E-state index contributed by atoms with van der Waals surface area (Å²) >= 11 is 6.12. The maximum atomic E-state index is 13.1. The average molecular weight is 386 g/mol. The van der Waals surface area contributed by atoms with Gasteiger partial charge in [-0.05, 0) is 53.8 Å². The molecule has 0 saturated heterocycles. The number of ether oxygens (including phenoxy) is 1. The third-order valence-electron chi connectivity index (χ3n) is 4.43. The molecule has 2 aromatic carbocycles. The first-order valence-corrected chi connectivity index (χ1v) is 9.52. The summed E-state index contributed by atoms with van der Waals surface area (Å²) in [7, 11) is 0. The first-order valence-electron chi connectivity index (χ1n) is 8.99. The van der Waals surface area contributed by atoms with Crippen LogP contribution in [0.25, 0.3) is 10.9 Å². The Bertz CT molecular complexity index is 941. The van der Waals surface area contributed by atoms with Gasteiger partial charge in [-0.1, -0.05) is 25.5 Å². The highest BCUT2D eigenvalue weighted by Crippen LogP contribution is 2.32. The lowest BCUT2D eigenvalue weighted by molar-refractivity contribution is 0.111. The zero-order valence-electron chi connectivity index (χ0n) is 15.2. The van der Waals surface area contributed by atoms with Crippen LogP contribution < -0.4 is 4.74 Å². The Morgan fingerprint density at radius 2 is 1.96 bits per heavy atom. The number of alkyl halides is 1. The number of aromatic nitrogens is 1. The van der Waals surface area contributed by atoms with Crippen molar-refractivity contribution in [3.8, 4) is 5.75 Å². The molecule has 5 heteroatoms. The van der Waals surface area contributed by atoms with Gasteiger partial charge in [0, 0.05) is 17.5 Å². The molecule has 0 unspecified atom stereocenters. The van der Waals surface area contributed by atoms with Gasteiger partial charge in [0.25, 0.3) is 0 Å². The molecule has 0 aliphatic heterocycles. The molecule has 0 radical (unpaired) electrons. The zero-order valence-corrected chi connectivity index (χ0v) is 15.9. The lowest BCUT2D eigenvalue weighted by Gasteiger charge is -2.14. The van der Waals surface area contributed by atoms with Crippen molar-refractivity contribution in [3.63, 3.8) is 0 Å². The van der Waals surface area contributed by atoms with Crippen molar-refractivity contribution in [2.75, 3.05) is 6.61 Å². The molecule has 1 aromatic heterocycles. The van der Waals surface area contributed by atoms with Crippen molar-refractivity contribution in [3.05, 3.63) is 70.7 Å². The van der Waals surface area contributed by atoms with Gasteiger partial charge in [0.2, 0.25) is 0 Å². The number of carbonyl (C=O) groups is 1. The van der Waals surface area contributed by atoms with E-state index in [1.807, 2.05) is 6.07 Å². The molecule has 1 heterocycles. The molecule has 0 saturated carbocycles. The number of carbonyl (C=O) groups excluding carboxylic acids is 1. The number of rotatable bonds is 8. The van der Waals surface area contributed by atoms with Crippen LogP contribution in [-0.2, 0) is 12.3 Å². The maximum Gasteiger partial charge on any atom is 0.156 e. The fourth-order valence-electron chi connectivity index (χ4n) is 3.00. The summed E-state index contributed by atoms with van der Waals surface area (Å²) in [5.41, 5.74) is 3.93. The summed E-state index contributed by atoms with van der Waals surface area (Å²) in [5.74, 6) is 0.527. The van der Waals surface area contributed by atoms with Crippen LogP contribution in [-0.4, -0.2) is 17.9 Å². The lowest BCUT2D eigenvalue weighted by Crippen LogP contribution is -2.03. The first kappa shape index (κ1) is 19.3. The number of fused-ring (bicyclic) bond motifs is 1. The fraction of sp³-hybridized carbons (Fsp3) is 0.273. The number of nitrogens with zero attached hydrogens (tertiary/aromatic N) is 1. The minimum atomic E-state index is -0.255. The Morgan fingerprint density at radius 1 is 1.19 bits per heavy atom. The van der Waals surface area contributed by atoms with Gasteiger partial charge in [0.15, 0.2) is 12.0 Å². The molecule has 0 N–H and O–H groups in total. The van der Waals surface area contributed by atoms with Crippen molar-refractivity contribution in [1.82, 2.24) is 4.98 Å². The van der Waals surface area contributed by atoms with Gasteiger partial charge < -0.3 is 4.74 Å². The van der Waals surface area contributed by atoms with Crippen molar-refractivity contribution < 1.29 is 13.9 Å². The molecular formula is C22H21ClFNO2. The largest absolute Gasteiger partial charge is 0.491 e. The number of benzene rings is 2. The summed E-state index contributed by atoms with van der Waals surface area (Å²) in [6, 6.07) is 10.2. The van der Waals surface area contributed by atoms with E-state index in [2.05, 4.69) is 11.9 Å². The van der Waals surface area contributed by atoms with Crippen molar-refractivity contribution in [2.45, 2.75) is 32.1 Å². The van der Waals surface area contributed by atoms with Crippen LogP contribution in [0.15, 0.2) is 42.6 Å². The second-order valence-electron chi connectivity index (χ2n) is 6.45. The minimum Gasteiger partial charge on any atom is -0.491 e. The standard InChI is InChI=1S/C22H21ClFNO2/c1-2-3-8-27-22-18(14-26)11-17(12-23)20-10-16(13-25-21(20)22)9-15-4-6-19(24)7-5-15/h4-7,10-11,13-14H,2-3,8-9,12H2,1H3. The minimum absolute atomic E-state index is 0.255. The predicted molar refractivity (Wildman–Crippen MR) is 106 cm³/mol. The van der Waals surface area contributed by atoms with Gasteiger partial charge in [-0.15, -0.1) is 11.6 Å². The Morgan fingerprint density at radius 3 is 2.63 bits per heavy atom. The monoisotopic (exact) mass is 385 g/mol. The van der Waals surface area contributed by atoms with Gasteiger partial charge in [-0.2, -0.15) is 0 Å². The molecule has 3 aromatic rings. The van der Waals surface area contributed by atoms with Gasteiger partial charge in [0.05, 0.1) is 12.2 Å². The van der Waals surface area contributed by atoms with E-state index >= 15 is 0 Å². The van der Waals surface area contributed by atoms with E-state index in [9.17, 15) is 9.18 Å². The molecule has 3 rings (SSSR count). The van der Waals surface area contributed by atoms with E-state index in [4.69, 9.17) is 16.3 Å². The fourth-order valence-corrected chi connectivity index (χ4v) is 3.23. The average Bonchev–Trinajstić information content (AvgIpc) is 2.69. The molecule has 0 fully saturated rings. The van der Waals surface area contributed by atoms with E-state index < -0.39 is 0 Å². The summed E-state index contributed by atoms with van der Waals surface area (Å²) < 4.78 is 19.0. The molecule has 3 nitrogen and oxygen atoms in total. The van der Waals surface area contributed by atoms with Gasteiger partial charge in [-0.25, -0.2) is 4.39 Å². The molecular weight excluding hydrogens is 365 g/mol. The number of halogens is 2. The zero-order chi connectivity index (χ0) is 19.2. The van der Waals surface area contributed by atoms with E-state index in [0.29, 0.717) is 29.9 Å².